The smallest absolute Gasteiger partial charge is 0.240 e. The Labute approximate surface area is 86.3 Å². The van der Waals surface area contributed by atoms with Crippen LogP contribution in [0.15, 0.2) is 24.4 Å². The number of aromatic nitrogens is 3. The van der Waals surface area contributed by atoms with E-state index in [0.29, 0.717) is 17.3 Å². The Morgan fingerprint density at radius 3 is 2.93 bits per heavy atom. The van der Waals surface area contributed by atoms with Crippen LogP contribution >= 0.6 is 0 Å². The second-order valence-corrected chi connectivity index (χ2v) is 2.99. The van der Waals surface area contributed by atoms with Crippen molar-refractivity contribution in [2.75, 3.05) is 0 Å². The topological polar surface area (TPSA) is 74.6 Å². The van der Waals surface area contributed by atoms with E-state index in [2.05, 4.69) is 15.2 Å². The highest BCUT2D eigenvalue weighted by Crippen LogP contribution is 2.17. The summed E-state index contributed by atoms with van der Waals surface area (Å²) in [4.78, 5) is 3.96. The summed E-state index contributed by atoms with van der Waals surface area (Å²) in [6, 6.07) is 6.93. The first kappa shape index (κ1) is 9.21. The highest BCUT2D eigenvalue weighted by atomic mass is 16.5. The third kappa shape index (κ3) is 2.11. The van der Waals surface area contributed by atoms with Crippen molar-refractivity contribution in [1.29, 1.82) is 5.26 Å². The molecule has 2 rings (SSSR count). The fraction of sp³-hybridized carbons (Fsp3) is 0.100. The standard InChI is InChI=1S/C10H8N4O/c1-7-4-10(14-13-7)15-9-5-8(6-11)2-3-12-9/h2-5H,1H3,(H,13,14). The maximum atomic E-state index is 8.68. The van der Waals surface area contributed by atoms with E-state index in [9.17, 15) is 0 Å². The summed E-state index contributed by atoms with van der Waals surface area (Å²) in [7, 11) is 0. The summed E-state index contributed by atoms with van der Waals surface area (Å²) in [6.45, 7) is 1.87. The summed E-state index contributed by atoms with van der Waals surface area (Å²) in [5.41, 5.74) is 1.41. The monoisotopic (exact) mass is 200 g/mol. The molecule has 2 heterocycles. The van der Waals surface area contributed by atoms with E-state index in [4.69, 9.17) is 10.00 Å². The molecule has 5 nitrogen and oxygen atoms in total. The van der Waals surface area contributed by atoms with E-state index in [1.54, 1.807) is 18.2 Å². The number of nitrogens with one attached hydrogen (secondary N) is 1. The van der Waals surface area contributed by atoms with Crippen LogP contribution in [0.2, 0.25) is 0 Å². The Morgan fingerprint density at radius 1 is 1.40 bits per heavy atom. The van der Waals surface area contributed by atoms with Gasteiger partial charge in [0.15, 0.2) is 0 Å². The average Bonchev–Trinajstić information content (AvgIpc) is 2.64. The summed E-state index contributed by atoms with van der Waals surface area (Å²) >= 11 is 0. The lowest BCUT2D eigenvalue weighted by atomic mass is 10.3. The molecular formula is C10H8N4O. The molecule has 0 spiro atoms. The van der Waals surface area contributed by atoms with Crippen LogP contribution in [-0.2, 0) is 0 Å². The molecule has 0 unspecified atom stereocenters. The summed E-state index contributed by atoms with van der Waals surface area (Å²) in [5, 5.41) is 15.3. The minimum atomic E-state index is 0.362. The number of aromatic amines is 1. The van der Waals surface area contributed by atoms with Crippen molar-refractivity contribution >= 4 is 0 Å². The third-order valence-corrected chi connectivity index (χ3v) is 1.76. The van der Waals surface area contributed by atoms with Gasteiger partial charge in [-0.1, -0.05) is 0 Å². The van der Waals surface area contributed by atoms with Crippen molar-refractivity contribution < 1.29 is 4.74 Å². The van der Waals surface area contributed by atoms with Gasteiger partial charge in [0.25, 0.3) is 0 Å². The zero-order valence-corrected chi connectivity index (χ0v) is 8.06. The van der Waals surface area contributed by atoms with Crippen LogP contribution in [0.4, 0.5) is 0 Å². The molecule has 15 heavy (non-hydrogen) atoms. The fourth-order valence-electron chi connectivity index (χ4n) is 1.09. The Morgan fingerprint density at radius 2 is 2.27 bits per heavy atom. The maximum absolute atomic E-state index is 8.68. The van der Waals surface area contributed by atoms with Crippen LogP contribution < -0.4 is 4.74 Å². The molecule has 5 heteroatoms. The molecule has 0 saturated heterocycles. The van der Waals surface area contributed by atoms with E-state index < -0.39 is 0 Å². The first-order chi connectivity index (χ1) is 7.28. The molecule has 0 aliphatic heterocycles. The molecule has 2 aromatic rings. The minimum absolute atomic E-state index is 0.362. The van der Waals surface area contributed by atoms with Gasteiger partial charge in [0.2, 0.25) is 11.8 Å². The lowest BCUT2D eigenvalue weighted by molar-refractivity contribution is 0.443. The van der Waals surface area contributed by atoms with Gasteiger partial charge in [-0.15, -0.1) is 5.10 Å². The molecule has 0 fully saturated rings. The highest BCUT2D eigenvalue weighted by Gasteiger charge is 2.02. The Hall–Kier alpha value is -2.35. The molecule has 0 aliphatic rings. The summed E-state index contributed by atoms with van der Waals surface area (Å²) < 4.78 is 5.34. The summed E-state index contributed by atoms with van der Waals surface area (Å²) in [5.74, 6) is 0.802. The van der Waals surface area contributed by atoms with Gasteiger partial charge in [-0.25, -0.2) is 4.98 Å². The summed E-state index contributed by atoms with van der Waals surface area (Å²) in [6.07, 6.45) is 1.52. The second-order valence-electron chi connectivity index (χ2n) is 2.99. The predicted octanol–water partition coefficient (Wildman–Crippen LogP) is 1.78. The van der Waals surface area contributed by atoms with Crippen LogP contribution in [0.3, 0.4) is 0 Å². The van der Waals surface area contributed by atoms with Gasteiger partial charge in [0, 0.05) is 24.0 Å². The van der Waals surface area contributed by atoms with Gasteiger partial charge in [0.05, 0.1) is 11.6 Å². The van der Waals surface area contributed by atoms with E-state index >= 15 is 0 Å². The Kier molecular flexibility index (Phi) is 2.33. The highest BCUT2D eigenvalue weighted by molar-refractivity contribution is 5.32. The maximum Gasteiger partial charge on any atom is 0.240 e. The van der Waals surface area contributed by atoms with Crippen LogP contribution in [-0.4, -0.2) is 15.2 Å². The van der Waals surface area contributed by atoms with Crippen molar-refractivity contribution in [3.63, 3.8) is 0 Å². The van der Waals surface area contributed by atoms with Gasteiger partial charge in [-0.3, -0.25) is 5.10 Å². The van der Waals surface area contributed by atoms with Crippen LogP contribution in [0.5, 0.6) is 11.8 Å². The van der Waals surface area contributed by atoms with Crippen LogP contribution in [0.1, 0.15) is 11.3 Å². The van der Waals surface area contributed by atoms with Gasteiger partial charge in [-0.05, 0) is 13.0 Å². The van der Waals surface area contributed by atoms with Gasteiger partial charge < -0.3 is 4.74 Å². The normalized spacial score (nSPS) is 9.60. The van der Waals surface area contributed by atoms with Crippen molar-refractivity contribution in [3.05, 3.63) is 35.7 Å². The number of hydrogen-bond acceptors (Lipinski definition) is 4. The second kappa shape index (κ2) is 3.80. The molecule has 1 N–H and O–H groups in total. The number of pyridine rings is 1. The molecule has 0 bridgehead atoms. The van der Waals surface area contributed by atoms with Crippen molar-refractivity contribution in [3.8, 4) is 17.8 Å². The third-order valence-electron chi connectivity index (χ3n) is 1.76. The van der Waals surface area contributed by atoms with Gasteiger partial charge in [-0.2, -0.15) is 5.26 Å². The van der Waals surface area contributed by atoms with Gasteiger partial charge >= 0.3 is 0 Å². The van der Waals surface area contributed by atoms with E-state index in [1.807, 2.05) is 13.0 Å². The molecule has 0 aliphatic carbocycles. The molecule has 0 radical (unpaired) electrons. The molecule has 0 atom stereocenters. The van der Waals surface area contributed by atoms with Gasteiger partial charge in [0.1, 0.15) is 0 Å². The van der Waals surface area contributed by atoms with Crippen LogP contribution in [0, 0.1) is 18.3 Å². The number of hydrogen-bond donors (Lipinski definition) is 1. The number of rotatable bonds is 2. The quantitative estimate of drug-likeness (QED) is 0.801. The minimum Gasteiger partial charge on any atom is -0.419 e. The van der Waals surface area contributed by atoms with Crippen molar-refractivity contribution in [2.45, 2.75) is 6.92 Å². The fourth-order valence-corrected chi connectivity index (χ4v) is 1.09. The lowest BCUT2D eigenvalue weighted by Gasteiger charge is -1.99. The van der Waals surface area contributed by atoms with E-state index in [0.717, 1.165) is 5.69 Å². The average molecular weight is 200 g/mol. The first-order valence-corrected chi connectivity index (χ1v) is 4.34. The molecule has 74 valence electrons. The largest absolute Gasteiger partial charge is 0.419 e. The number of nitriles is 1. The number of aryl methyl sites for hydroxylation is 1. The van der Waals surface area contributed by atoms with Crippen molar-refractivity contribution in [1.82, 2.24) is 15.2 Å². The first-order valence-electron chi connectivity index (χ1n) is 4.34. The Balaban J connectivity index is 2.21. The van der Waals surface area contributed by atoms with E-state index in [-0.39, 0.29) is 0 Å². The lowest BCUT2D eigenvalue weighted by Crippen LogP contribution is -1.88. The predicted molar refractivity (Wildman–Crippen MR) is 52.4 cm³/mol. The Bertz CT molecular complexity index is 512. The molecule has 0 amide bonds. The van der Waals surface area contributed by atoms with Crippen LogP contribution in [0.25, 0.3) is 0 Å². The molecule has 2 aromatic heterocycles. The zero-order chi connectivity index (χ0) is 10.7. The number of H-pyrrole nitrogens is 1. The molecule has 0 aromatic carbocycles. The van der Waals surface area contributed by atoms with E-state index in [1.165, 1.54) is 6.20 Å². The van der Waals surface area contributed by atoms with Crippen molar-refractivity contribution in [2.24, 2.45) is 0 Å². The number of ether oxygens (including phenoxy) is 1. The zero-order valence-electron chi connectivity index (χ0n) is 8.06. The molecular weight excluding hydrogens is 192 g/mol. The number of nitrogens with zero attached hydrogens (tertiary/aromatic N) is 3. The molecule has 0 saturated carbocycles. The SMILES string of the molecule is Cc1cc(Oc2cc(C#N)ccn2)n[nH]1.